The minimum Gasteiger partial charge on any atom is -0.394 e. The summed E-state index contributed by atoms with van der Waals surface area (Å²) in [6, 6.07) is -0.771. The molecule has 0 fully saturated rings. The van der Waals surface area contributed by atoms with Crippen LogP contribution in [-0.2, 0) is 4.79 Å². The van der Waals surface area contributed by atoms with E-state index in [4.69, 9.17) is 10.8 Å². The van der Waals surface area contributed by atoms with E-state index < -0.39 is 6.04 Å². The molecule has 1 amide bonds. The van der Waals surface area contributed by atoms with Gasteiger partial charge in [-0.25, -0.2) is 0 Å². The SMILES string of the molecule is CCCCN[13C](=O)[C@@H](N)CO. The van der Waals surface area contributed by atoms with Gasteiger partial charge in [0.05, 0.1) is 6.61 Å². The molecule has 11 heavy (non-hydrogen) atoms. The fraction of sp³-hybridized carbons (Fsp3) is 0.857. The fourth-order valence-electron chi connectivity index (χ4n) is 0.602. The molecule has 4 nitrogen and oxygen atoms in total. The Bertz CT molecular complexity index is 117. The summed E-state index contributed by atoms with van der Waals surface area (Å²) in [5.74, 6) is -0.277. The summed E-state index contributed by atoms with van der Waals surface area (Å²) in [7, 11) is 0. The first-order chi connectivity index (χ1) is 5.22. The largest absolute Gasteiger partial charge is 0.394 e. The summed E-state index contributed by atoms with van der Waals surface area (Å²) in [5, 5.41) is 11.1. The van der Waals surface area contributed by atoms with Gasteiger partial charge >= 0.3 is 0 Å². The number of nitrogens with two attached hydrogens (primary N) is 1. The molecule has 0 aliphatic heterocycles. The summed E-state index contributed by atoms with van der Waals surface area (Å²) >= 11 is 0. The van der Waals surface area contributed by atoms with E-state index in [2.05, 4.69) is 5.32 Å². The molecule has 0 aliphatic rings. The van der Waals surface area contributed by atoms with Crippen LogP contribution in [0, 0.1) is 0 Å². The number of aliphatic hydroxyl groups excluding tert-OH is 1. The number of hydrogen-bond donors (Lipinski definition) is 3. The van der Waals surface area contributed by atoms with Gasteiger partial charge in [-0.15, -0.1) is 0 Å². The molecule has 0 rings (SSSR count). The Labute approximate surface area is 66.8 Å². The molecule has 0 saturated heterocycles. The Hall–Kier alpha value is -0.610. The zero-order valence-electron chi connectivity index (χ0n) is 6.84. The van der Waals surface area contributed by atoms with E-state index in [9.17, 15) is 4.79 Å². The van der Waals surface area contributed by atoms with Crippen molar-refractivity contribution in [2.24, 2.45) is 5.73 Å². The highest BCUT2D eigenvalue weighted by molar-refractivity contribution is 5.81. The second-order valence-electron chi connectivity index (χ2n) is 2.43. The smallest absolute Gasteiger partial charge is 0.239 e. The molecule has 0 spiro atoms. The van der Waals surface area contributed by atoms with Crippen LogP contribution in [0.5, 0.6) is 0 Å². The van der Waals surface area contributed by atoms with Crippen molar-refractivity contribution in [2.45, 2.75) is 25.8 Å². The van der Waals surface area contributed by atoms with Gasteiger partial charge in [-0.3, -0.25) is 4.79 Å². The molecule has 0 radical (unpaired) electrons. The van der Waals surface area contributed by atoms with Crippen molar-refractivity contribution in [3.8, 4) is 0 Å². The Morgan fingerprint density at radius 2 is 2.36 bits per heavy atom. The molecule has 0 saturated carbocycles. The molecule has 4 heteroatoms. The van der Waals surface area contributed by atoms with Gasteiger partial charge in [0.15, 0.2) is 0 Å². The van der Waals surface area contributed by atoms with Crippen molar-refractivity contribution in [1.82, 2.24) is 5.32 Å². The fourth-order valence-corrected chi connectivity index (χ4v) is 0.602. The Morgan fingerprint density at radius 1 is 1.73 bits per heavy atom. The monoisotopic (exact) mass is 161 g/mol. The second kappa shape index (κ2) is 6.12. The molecule has 0 heterocycles. The molecular formula is C7H16N2O2. The van der Waals surface area contributed by atoms with Crippen LogP contribution in [0.15, 0.2) is 0 Å². The minimum absolute atomic E-state index is 0.277. The van der Waals surface area contributed by atoms with Crippen LogP contribution in [0.25, 0.3) is 0 Å². The number of carbonyl (C=O) groups excluding carboxylic acids is 1. The van der Waals surface area contributed by atoms with Gasteiger partial charge in [0.1, 0.15) is 6.04 Å². The molecule has 0 aromatic rings. The lowest BCUT2D eigenvalue weighted by molar-refractivity contribution is -0.123. The van der Waals surface area contributed by atoms with Crippen LogP contribution in [-0.4, -0.2) is 30.2 Å². The number of carbonyl (C=O) groups is 1. The molecule has 0 bridgehead atoms. The Balaban J connectivity index is 3.36. The van der Waals surface area contributed by atoms with Crippen molar-refractivity contribution < 1.29 is 9.90 Å². The average Bonchev–Trinajstić information content (AvgIpc) is 2.03. The molecule has 1 atom stereocenters. The summed E-state index contributed by atoms with van der Waals surface area (Å²) in [4.78, 5) is 10.9. The van der Waals surface area contributed by atoms with Crippen LogP contribution in [0.4, 0.5) is 0 Å². The van der Waals surface area contributed by atoms with Crippen molar-refractivity contribution >= 4 is 5.91 Å². The van der Waals surface area contributed by atoms with Gasteiger partial charge in [-0.1, -0.05) is 13.3 Å². The normalized spacial score (nSPS) is 12.6. The molecular weight excluding hydrogens is 145 g/mol. The number of nitrogens with one attached hydrogen (secondary N) is 1. The van der Waals surface area contributed by atoms with Crippen molar-refractivity contribution in [2.75, 3.05) is 13.2 Å². The highest BCUT2D eigenvalue weighted by Crippen LogP contribution is 1.83. The highest BCUT2D eigenvalue weighted by Gasteiger charge is 2.09. The predicted octanol–water partition coefficient (Wildman–Crippen LogP) is -0.778. The van der Waals surface area contributed by atoms with E-state index >= 15 is 0 Å². The first kappa shape index (κ1) is 10.4. The highest BCUT2D eigenvalue weighted by atomic mass is 16.3. The van der Waals surface area contributed by atoms with Crippen LogP contribution >= 0.6 is 0 Å². The Morgan fingerprint density at radius 3 is 2.82 bits per heavy atom. The first-order valence-electron chi connectivity index (χ1n) is 3.86. The van der Waals surface area contributed by atoms with Crippen LogP contribution < -0.4 is 11.1 Å². The zero-order valence-corrected chi connectivity index (χ0v) is 6.84. The third kappa shape index (κ3) is 4.75. The van der Waals surface area contributed by atoms with E-state index in [1.807, 2.05) is 6.92 Å². The minimum atomic E-state index is -0.771. The van der Waals surface area contributed by atoms with E-state index in [-0.39, 0.29) is 12.5 Å². The maximum absolute atomic E-state index is 10.9. The first-order valence-corrected chi connectivity index (χ1v) is 3.86. The van der Waals surface area contributed by atoms with Gasteiger partial charge in [-0.2, -0.15) is 0 Å². The topological polar surface area (TPSA) is 75.4 Å². The molecule has 0 unspecified atom stereocenters. The van der Waals surface area contributed by atoms with E-state index in [0.29, 0.717) is 6.54 Å². The summed E-state index contributed by atoms with van der Waals surface area (Å²) in [5.41, 5.74) is 5.24. The second-order valence-corrected chi connectivity index (χ2v) is 2.43. The summed E-state index contributed by atoms with van der Waals surface area (Å²) in [6.45, 7) is 2.39. The number of hydrogen-bond acceptors (Lipinski definition) is 3. The average molecular weight is 161 g/mol. The lowest BCUT2D eigenvalue weighted by Crippen LogP contribution is -2.43. The number of aliphatic hydroxyl groups is 1. The Kier molecular flexibility index (Phi) is 5.78. The zero-order chi connectivity index (χ0) is 8.69. The molecule has 0 aromatic carbocycles. The summed E-state index contributed by atoms with van der Waals surface area (Å²) < 4.78 is 0. The van der Waals surface area contributed by atoms with Crippen LogP contribution in [0.2, 0.25) is 0 Å². The van der Waals surface area contributed by atoms with Gasteiger partial charge in [0, 0.05) is 6.54 Å². The molecule has 0 aromatic heterocycles. The molecule has 4 N–H and O–H groups in total. The number of rotatable bonds is 5. The number of unbranched alkanes of at least 4 members (excludes halogenated alkanes) is 1. The third-order valence-corrected chi connectivity index (χ3v) is 1.36. The maximum Gasteiger partial charge on any atom is 0.239 e. The van der Waals surface area contributed by atoms with Crippen LogP contribution in [0.3, 0.4) is 0 Å². The lowest BCUT2D eigenvalue weighted by Gasteiger charge is -2.08. The molecule has 0 aliphatic carbocycles. The lowest BCUT2D eigenvalue weighted by atomic mass is 10.3. The number of amides is 1. The third-order valence-electron chi connectivity index (χ3n) is 1.36. The van der Waals surface area contributed by atoms with Gasteiger partial charge < -0.3 is 16.2 Å². The quantitative estimate of drug-likeness (QED) is 0.366. The van der Waals surface area contributed by atoms with Crippen LogP contribution in [0.1, 0.15) is 19.8 Å². The standard InChI is InChI=1S/C7H16N2O2/c1-2-3-4-9-7(11)6(8)5-10/h6,10H,2-5,8H2,1H3,(H,9,11)/t6-/m0/s1/i7+1. The van der Waals surface area contributed by atoms with Gasteiger partial charge in [-0.05, 0) is 6.42 Å². The predicted molar refractivity (Wildman–Crippen MR) is 43.0 cm³/mol. The van der Waals surface area contributed by atoms with Crippen molar-refractivity contribution in [1.29, 1.82) is 0 Å². The maximum atomic E-state index is 10.9. The summed E-state index contributed by atoms with van der Waals surface area (Å²) in [6.07, 6.45) is 1.98. The molecule has 66 valence electrons. The van der Waals surface area contributed by atoms with E-state index in [1.54, 1.807) is 0 Å². The van der Waals surface area contributed by atoms with Gasteiger partial charge in [0.2, 0.25) is 5.91 Å². The van der Waals surface area contributed by atoms with Gasteiger partial charge in [0.25, 0.3) is 0 Å². The van der Waals surface area contributed by atoms with Crippen molar-refractivity contribution in [3.05, 3.63) is 0 Å². The van der Waals surface area contributed by atoms with Crippen molar-refractivity contribution in [3.63, 3.8) is 0 Å². The van der Waals surface area contributed by atoms with E-state index in [0.717, 1.165) is 12.8 Å². The van der Waals surface area contributed by atoms with E-state index in [1.165, 1.54) is 0 Å².